The Bertz CT molecular complexity index is 828. The lowest BCUT2D eigenvalue weighted by Gasteiger charge is -2.16. The van der Waals surface area contributed by atoms with Crippen molar-refractivity contribution >= 4 is 11.2 Å². The molecule has 6 heteroatoms. The molecule has 3 aromatic rings. The number of likely N-dealkylation sites (tertiary alicyclic amines) is 1. The molecule has 0 saturated carbocycles. The Morgan fingerprint density at radius 1 is 1.27 bits per heavy atom. The Labute approximate surface area is 127 Å². The van der Waals surface area contributed by atoms with Gasteiger partial charge in [0.1, 0.15) is 23.5 Å². The highest BCUT2D eigenvalue weighted by atomic mass is 19.1. The summed E-state index contributed by atoms with van der Waals surface area (Å²) in [5.41, 5.74) is 1.99. The molecule has 0 aliphatic carbocycles. The standard InChI is InChI=1S/C16H16FN5/c1-21-7-6-11(9-21)22-15(12-4-2-3-5-13(12)17)20-14-8-18-10-19-16(14)22/h2-5,8,10-11H,6-7,9H2,1H3. The summed E-state index contributed by atoms with van der Waals surface area (Å²) in [4.78, 5) is 15.3. The van der Waals surface area contributed by atoms with Gasteiger partial charge in [0.25, 0.3) is 0 Å². The predicted molar refractivity (Wildman–Crippen MR) is 81.9 cm³/mol. The highest BCUT2D eigenvalue weighted by molar-refractivity contribution is 5.76. The second kappa shape index (κ2) is 5.14. The maximum atomic E-state index is 14.2. The van der Waals surface area contributed by atoms with Gasteiger partial charge in [0.05, 0.1) is 17.8 Å². The predicted octanol–water partition coefficient (Wildman–Crippen LogP) is 2.51. The molecule has 1 saturated heterocycles. The van der Waals surface area contributed by atoms with Gasteiger partial charge in [-0.3, -0.25) is 0 Å². The number of aromatic nitrogens is 4. The lowest BCUT2D eigenvalue weighted by Crippen LogP contribution is -2.17. The van der Waals surface area contributed by atoms with Crippen molar-refractivity contribution in [3.8, 4) is 11.4 Å². The molecule has 2 aromatic heterocycles. The van der Waals surface area contributed by atoms with Crippen molar-refractivity contribution in [2.75, 3.05) is 20.1 Å². The van der Waals surface area contributed by atoms with Gasteiger partial charge in [-0.05, 0) is 32.1 Å². The molecule has 1 aliphatic rings. The van der Waals surface area contributed by atoms with Gasteiger partial charge in [-0.25, -0.2) is 19.3 Å². The van der Waals surface area contributed by atoms with E-state index < -0.39 is 0 Å². The van der Waals surface area contributed by atoms with Gasteiger partial charge < -0.3 is 9.47 Å². The van der Waals surface area contributed by atoms with E-state index in [1.807, 2.05) is 6.07 Å². The van der Waals surface area contributed by atoms with Gasteiger partial charge in [0.2, 0.25) is 0 Å². The highest BCUT2D eigenvalue weighted by Crippen LogP contribution is 2.32. The smallest absolute Gasteiger partial charge is 0.163 e. The third-order valence-electron chi connectivity index (χ3n) is 4.20. The van der Waals surface area contributed by atoms with E-state index >= 15 is 0 Å². The third kappa shape index (κ3) is 2.07. The zero-order valence-electron chi connectivity index (χ0n) is 12.3. The van der Waals surface area contributed by atoms with E-state index in [-0.39, 0.29) is 11.9 Å². The number of hydrogen-bond acceptors (Lipinski definition) is 4. The molecule has 1 aromatic carbocycles. The quantitative estimate of drug-likeness (QED) is 0.729. The fourth-order valence-electron chi connectivity index (χ4n) is 3.15. The van der Waals surface area contributed by atoms with Crippen LogP contribution in [0.25, 0.3) is 22.6 Å². The van der Waals surface area contributed by atoms with Crippen molar-refractivity contribution in [2.24, 2.45) is 0 Å². The second-order valence-electron chi connectivity index (χ2n) is 5.72. The van der Waals surface area contributed by atoms with E-state index in [9.17, 15) is 4.39 Å². The number of likely N-dealkylation sites (N-methyl/N-ethyl adjacent to an activating group) is 1. The van der Waals surface area contributed by atoms with Crippen LogP contribution in [0.4, 0.5) is 4.39 Å². The van der Waals surface area contributed by atoms with Crippen LogP contribution in [-0.2, 0) is 0 Å². The van der Waals surface area contributed by atoms with Gasteiger partial charge in [0, 0.05) is 6.54 Å². The molecule has 1 atom stereocenters. The van der Waals surface area contributed by atoms with Crippen LogP contribution in [0.2, 0.25) is 0 Å². The molecule has 22 heavy (non-hydrogen) atoms. The molecule has 3 heterocycles. The summed E-state index contributed by atoms with van der Waals surface area (Å²) in [6.45, 7) is 1.93. The van der Waals surface area contributed by atoms with Gasteiger partial charge in [-0.15, -0.1) is 0 Å². The minimum atomic E-state index is -0.265. The fraction of sp³-hybridized carbons (Fsp3) is 0.312. The maximum Gasteiger partial charge on any atom is 0.163 e. The Morgan fingerprint density at radius 2 is 2.14 bits per heavy atom. The van der Waals surface area contributed by atoms with Crippen LogP contribution >= 0.6 is 0 Å². The lowest BCUT2D eigenvalue weighted by molar-refractivity contribution is 0.395. The third-order valence-corrected chi connectivity index (χ3v) is 4.20. The topological polar surface area (TPSA) is 46.8 Å². The Kier molecular flexibility index (Phi) is 3.11. The van der Waals surface area contributed by atoms with Crippen LogP contribution in [-0.4, -0.2) is 44.6 Å². The molecule has 0 radical (unpaired) electrons. The van der Waals surface area contributed by atoms with Crippen molar-refractivity contribution in [3.05, 3.63) is 42.6 Å². The number of rotatable bonds is 2. The molecule has 4 rings (SSSR count). The monoisotopic (exact) mass is 297 g/mol. The van der Waals surface area contributed by atoms with E-state index in [0.717, 1.165) is 25.2 Å². The van der Waals surface area contributed by atoms with Crippen LogP contribution in [0.1, 0.15) is 12.5 Å². The number of halogens is 1. The summed E-state index contributed by atoms with van der Waals surface area (Å²) in [5.74, 6) is 0.368. The van der Waals surface area contributed by atoms with E-state index in [0.29, 0.717) is 16.9 Å². The van der Waals surface area contributed by atoms with Crippen molar-refractivity contribution in [1.82, 2.24) is 24.4 Å². The molecule has 5 nitrogen and oxygen atoms in total. The first kappa shape index (κ1) is 13.3. The van der Waals surface area contributed by atoms with E-state index in [2.05, 4.69) is 31.5 Å². The molecule has 0 N–H and O–H groups in total. The van der Waals surface area contributed by atoms with Gasteiger partial charge in [-0.2, -0.15) is 0 Å². The van der Waals surface area contributed by atoms with Crippen molar-refractivity contribution in [3.63, 3.8) is 0 Å². The van der Waals surface area contributed by atoms with Gasteiger partial charge in [-0.1, -0.05) is 12.1 Å². The average Bonchev–Trinajstić information content (AvgIpc) is 3.10. The van der Waals surface area contributed by atoms with Crippen LogP contribution < -0.4 is 0 Å². The normalized spacial score (nSPS) is 19.1. The Morgan fingerprint density at radius 3 is 2.91 bits per heavy atom. The van der Waals surface area contributed by atoms with E-state index in [1.54, 1.807) is 18.3 Å². The summed E-state index contributed by atoms with van der Waals surface area (Å²) in [6.07, 6.45) is 4.21. The maximum absolute atomic E-state index is 14.2. The zero-order chi connectivity index (χ0) is 15.1. The first-order valence-electron chi connectivity index (χ1n) is 7.35. The summed E-state index contributed by atoms with van der Waals surface area (Å²) in [7, 11) is 2.09. The van der Waals surface area contributed by atoms with Crippen LogP contribution in [0, 0.1) is 5.82 Å². The first-order chi connectivity index (χ1) is 10.7. The number of nitrogens with zero attached hydrogens (tertiary/aromatic N) is 5. The summed E-state index contributed by atoms with van der Waals surface area (Å²) >= 11 is 0. The molecule has 1 aliphatic heterocycles. The Balaban J connectivity index is 1.96. The molecule has 0 spiro atoms. The summed E-state index contributed by atoms with van der Waals surface area (Å²) in [6, 6.07) is 6.99. The zero-order valence-corrected chi connectivity index (χ0v) is 12.3. The number of benzene rings is 1. The van der Waals surface area contributed by atoms with Crippen LogP contribution in [0.3, 0.4) is 0 Å². The molecular weight excluding hydrogens is 281 g/mol. The number of fused-ring (bicyclic) bond motifs is 1. The fourth-order valence-corrected chi connectivity index (χ4v) is 3.15. The minimum Gasteiger partial charge on any atom is -0.304 e. The van der Waals surface area contributed by atoms with Gasteiger partial charge >= 0.3 is 0 Å². The van der Waals surface area contributed by atoms with Gasteiger partial charge in [0.15, 0.2) is 5.65 Å². The van der Waals surface area contributed by atoms with E-state index in [1.165, 1.54) is 12.4 Å². The van der Waals surface area contributed by atoms with Crippen LogP contribution in [0.15, 0.2) is 36.8 Å². The van der Waals surface area contributed by atoms with Crippen molar-refractivity contribution < 1.29 is 4.39 Å². The summed E-state index contributed by atoms with van der Waals surface area (Å²) in [5, 5.41) is 0. The van der Waals surface area contributed by atoms with Crippen molar-refractivity contribution in [1.29, 1.82) is 0 Å². The first-order valence-corrected chi connectivity index (χ1v) is 7.35. The average molecular weight is 297 g/mol. The lowest BCUT2D eigenvalue weighted by atomic mass is 10.1. The van der Waals surface area contributed by atoms with Crippen molar-refractivity contribution in [2.45, 2.75) is 12.5 Å². The minimum absolute atomic E-state index is 0.250. The Hall–Kier alpha value is -2.34. The van der Waals surface area contributed by atoms with E-state index in [4.69, 9.17) is 0 Å². The molecular formula is C16H16FN5. The molecule has 0 amide bonds. The molecule has 1 fully saturated rings. The highest BCUT2D eigenvalue weighted by Gasteiger charge is 2.27. The molecule has 112 valence electrons. The largest absolute Gasteiger partial charge is 0.304 e. The second-order valence-corrected chi connectivity index (χ2v) is 5.72. The van der Waals surface area contributed by atoms with Crippen LogP contribution in [0.5, 0.6) is 0 Å². The molecule has 0 bridgehead atoms. The molecule has 1 unspecified atom stereocenters. The number of hydrogen-bond donors (Lipinski definition) is 0. The SMILES string of the molecule is CN1CCC(n2c(-c3ccccc3F)nc3cncnc32)C1. The summed E-state index contributed by atoms with van der Waals surface area (Å²) < 4.78 is 16.3. The number of imidazole rings is 1.